The van der Waals surface area contributed by atoms with Gasteiger partial charge >= 0.3 is 0 Å². The van der Waals surface area contributed by atoms with Crippen molar-refractivity contribution in [3.05, 3.63) is 12.2 Å². The molecule has 0 spiro atoms. The minimum Gasteiger partial charge on any atom is -0.299 e. The molecule has 0 bridgehead atoms. The molecule has 0 aliphatic heterocycles. The van der Waals surface area contributed by atoms with Crippen LogP contribution in [0.3, 0.4) is 0 Å². The Morgan fingerprint density at radius 3 is 2.64 bits per heavy atom. The van der Waals surface area contributed by atoms with Crippen LogP contribution in [0.1, 0.15) is 40.0 Å². The van der Waals surface area contributed by atoms with Gasteiger partial charge in [0.25, 0.3) is 0 Å². The van der Waals surface area contributed by atoms with Crippen LogP contribution >= 0.6 is 0 Å². The molecule has 0 heterocycles. The first-order valence-electron chi connectivity index (χ1n) is 4.35. The van der Waals surface area contributed by atoms with E-state index >= 15 is 0 Å². The van der Waals surface area contributed by atoms with E-state index in [2.05, 4.69) is 13.0 Å². The van der Waals surface area contributed by atoms with Crippen molar-refractivity contribution in [1.29, 1.82) is 0 Å². The van der Waals surface area contributed by atoms with E-state index in [9.17, 15) is 4.79 Å². The van der Waals surface area contributed by atoms with E-state index in [0.29, 0.717) is 0 Å². The van der Waals surface area contributed by atoms with Crippen LogP contribution in [-0.2, 0) is 4.79 Å². The van der Waals surface area contributed by atoms with Crippen LogP contribution < -0.4 is 0 Å². The van der Waals surface area contributed by atoms with E-state index in [4.69, 9.17) is 0 Å². The van der Waals surface area contributed by atoms with Gasteiger partial charge in [0.05, 0.1) is 0 Å². The molecule has 0 fully saturated rings. The Labute approximate surface area is 69.5 Å². The van der Waals surface area contributed by atoms with Crippen molar-refractivity contribution in [2.45, 2.75) is 40.0 Å². The van der Waals surface area contributed by atoms with Gasteiger partial charge in [0.1, 0.15) is 5.78 Å². The Morgan fingerprint density at radius 1 is 1.55 bits per heavy atom. The summed E-state index contributed by atoms with van der Waals surface area (Å²) in [5.74, 6) is 0.351. The number of carbonyl (C=O) groups excluding carboxylic acids is 1. The molecule has 0 rings (SSSR count). The average molecular weight is 154 g/mol. The second kappa shape index (κ2) is 6.14. The summed E-state index contributed by atoms with van der Waals surface area (Å²) in [6.45, 7) is 5.74. The molecule has 1 nitrogen and oxygen atoms in total. The van der Waals surface area contributed by atoms with Gasteiger partial charge < -0.3 is 0 Å². The summed E-state index contributed by atoms with van der Waals surface area (Å²) in [7, 11) is 0. The van der Waals surface area contributed by atoms with Gasteiger partial charge in [0.2, 0.25) is 0 Å². The number of carbonyl (C=O) groups is 1. The molecule has 1 unspecified atom stereocenters. The zero-order valence-electron chi connectivity index (χ0n) is 7.76. The van der Waals surface area contributed by atoms with Crippen LogP contribution in [0.5, 0.6) is 0 Å². The van der Waals surface area contributed by atoms with E-state index in [-0.39, 0.29) is 11.7 Å². The van der Waals surface area contributed by atoms with E-state index in [1.807, 2.05) is 13.0 Å². The monoisotopic (exact) mass is 154 g/mol. The van der Waals surface area contributed by atoms with E-state index in [1.165, 1.54) is 12.8 Å². The van der Waals surface area contributed by atoms with Gasteiger partial charge in [0, 0.05) is 5.92 Å². The molecule has 0 N–H and O–H groups in total. The number of hydrogen-bond donors (Lipinski definition) is 0. The molecule has 0 saturated heterocycles. The predicted octanol–water partition coefficient (Wildman–Crippen LogP) is 2.96. The topological polar surface area (TPSA) is 17.1 Å². The zero-order chi connectivity index (χ0) is 8.69. The van der Waals surface area contributed by atoms with Gasteiger partial charge in [-0.25, -0.2) is 0 Å². The van der Waals surface area contributed by atoms with Crippen molar-refractivity contribution in [3.8, 4) is 0 Å². The fourth-order valence-electron chi connectivity index (χ4n) is 0.758. The Balaban J connectivity index is 3.48. The molecule has 0 aromatic heterocycles. The maximum atomic E-state index is 10.8. The lowest BCUT2D eigenvalue weighted by atomic mass is 10.1. The van der Waals surface area contributed by atoms with Crippen molar-refractivity contribution < 1.29 is 4.79 Å². The summed E-state index contributed by atoms with van der Waals surface area (Å²) in [4.78, 5) is 10.8. The highest BCUT2D eigenvalue weighted by Gasteiger charge is 2.00. The van der Waals surface area contributed by atoms with Crippen LogP contribution in [0.2, 0.25) is 0 Å². The molecule has 64 valence electrons. The summed E-state index contributed by atoms with van der Waals surface area (Å²) in [6, 6.07) is 0. The molecular formula is C10H18O. The molecule has 0 amide bonds. The zero-order valence-corrected chi connectivity index (χ0v) is 7.76. The summed E-state index contributed by atoms with van der Waals surface area (Å²) in [5, 5.41) is 0. The van der Waals surface area contributed by atoms with Gasteiger partial charge in [-0.1, -0.05) is 38.8 Å². The molecule has 1 atom stereocenters. The molecule has 0 aromatic carbocycles. The van der Waals surface area contributed by atoms with E-state index < -0.39 is 0 Å². The Hall–Kier alpha value is -0.590. The first-order chi connectivity index (χ1) is 5.18. The highest BCUT2D eigenvalue weighted by atomic mass is 16.1. The quantitative estimate of drug-likeness (QED) is 0.439. The fourth-order valence-corrected chi connectivity index (χ4v) is 0.758. The van der Waals surface area contributed by atoms with Crippen LogP contribution in [0.15, 0.2) is 12.2 Å². The molecule has 1 heteroatoms. The Kier molecular flexibility index (Phi) is 5.81. The van der Waals surface area contributed by atoms with Crippen molar-refractivity contribution in [1.82, 2.24) is 0 Å². The smallest absolute Gasteiger partial charge is 0.136 e. The third kappa shape index (κ3) is 5.84. The van der Waals surface area contributed by atoms with Gasteiger partial charge in [-0.3, -0.25) is 4.79 Å². The van der Waals surface area contributed by atoms with Crippen molar-refractivity contribution in [2.75, 3.05) is 0 Å². The maximum absolute atomic E-state index is 10.8. The lowest BCUT2D eigenvalue weighted by Crippen LogP contribution is -2.01. The second-order valence-corrected chi connectivity index (χ2v) is 2.97. The lowest BCUT2D eigenvalue weighted by Gasteiger charge is -1.97. The second-order valence-electron chi connectivity index (χ2n) is 2.97. The molecule has 0 aliphatic carbocycles. The normalized spacial score (nSPS) is 13.7. The fraction of sp³-hybridized carbons (Fsp3) is 0.700. The summed E-state index contributed by atoms with van der Waals surface area (Å²) >= 11 is 0. The van der Waals surface area contributed by atoms with Crippen LogP contribution in [0.4, 0.5) is 0 Å². The maximum Gasteiger partial charge on any atom is 0.136 e. The number of unbranched alkanes of at least 4 members (excludes halogenated alkanes) is 2. The van der Waals surface area contributed by atoms with Crippen molar-refractivity contribution in [3.63, 3.8) is 0 Å². The highest BCUT2D eigenvalue weighted by Crippen LogP contribution is 2.01. The van der Waals surface area contributed by atoms with Crippen molar-refractivity contribution >= 4 is 5.78 Å². The van der Waals surface area contributed by atoms with Crippen LogP contribution in [0, 0.1) is 5.92 Å². The van der Waals surface area contributed by atoms with Gasteiger partial charge in [0.15, 0.2) is 0 Å². The average Bonchev–Trinajstić information content (AvgIpc) is 1.97. The minimum atomic E-state index is 0.104. The van der Waals surface area contributed by atoms with Gasteiger partial charge in [-0.2, -0.15) is 0 Å². The van der Waals surface area contributed by atoms with E-state index in [1.54, 1.807) is 6.92 Å². The number of hydrogen-bond acceptors (Lipinski definition) is 1. The third-order valence-corrected chi connectivity index (χ3v) is 1.79. The molecular weight excluding hydrogens is 136 g/mol. The predicted molar refractivity (Wildman–Crippen MR) is 48.5 cm³/mol. The first kappa shape index (κ1) is 10.4. The number of Topliss-reactive ketones (excluding diaryl/α,β-unsaturated/α-hetero) is 1. The molecule has 11 heavy (non-hydrogen) atoms. The van der Waals surface area contributed by atoms with Crippen LogP contribution in [-0.4, -0.2) is 5.78 Å². The van der Waals surface area contributed by atoms with Gasteiger partial charge in [-0.15, -0.1) is 0 Å². The third-order valence-electron chi connectivity index (χ3n) is 1.79. The number of rotatable bonds is 5. The molecule has 0 saturated carbocycles. The lowest BCUT2D eigenvalue weighted by molar-refractivity contribution is -0.118. The number of allylic oxidation sites excluding steroid dienone is 2. The largest absolute Gasteiger partial charge is 0.299 e. The minimum absolute atomic E-state index is 0.104. The Morgan fingerprint density at radius 2 is 2.18 bits per heavy atom. The first-order valence-corrected chi connectivity index (χ1v) is 4.35. The van der Waals surface area contributed by atoms with Crippen LogP contribution in [0.25, 0.3) is 0 Å². The standard InChI is InChI=1S/C10H18O/c1-4-5-6-7-8-9(2)10(3)11/h7-9H,4-6H2,1-3H3/b8-7+. The molecule has 0 aliphatic rings. The summed E-state index contributed by atoms with van der Waals surface area (Å²) < 4.78 is 0. The van der Waals surface area contributed by atoms with Gasteiger partial charge in [-0.05, 0) is 13.3 Å². The number of ketones is 1. The molecule has 0 aromatic rings. The Bertz CT molecular complexity index is 136. The SMILES string of the molecule is CCCC/C=C/C(C)C(C)=O. The van der Waals surface area contributed by atoms with E-state index in [0.717, 1.165) is 6.42 Å². The molecule has 0 radical (unpaired) electrons. The highest BCUT2D eigenvalue weighted by molar-refractivity contribution is 5.79. The summed E-state index contributed by atoms with van der Waals surface area (Å²) in [5.41, 5.74) is 0. The van der Waals surface area contributed by atoms with Crippen molar-refractivity contribution in [2.24, 2.45) is 5.92 Å². The summed E-state index contributed by atoms with van der Waals surface area (Å²) in [6.07, 6.45) is 7.65.